The van der Waals surface area contributed by atoms with Crippen molar-refractivity contribution in [1.82, 2.24) is 19.6 Å². The highest BCUT2D eigenvalue weighted by Crippen LogP contribution is 2.45. The molecule has 1 aliphatic carbocycles. The van der Waals surface area contributed by atoms with Crippen LogP contribution in [0.4, 0.5) is 0 Å². The van der Waals surface area contributed by atoms with Gasteiger partial charge in [0.1, 0.15) is 17.3 Å². The molecule has 8 heteroatoms. The molecule has 3 heterocycles. The molecule has 1 N–H and O–H groups in total. The summed E-state index contributed by atoms with van der Waals surface area (Å²) in [4.78, 5) is 35.7. The molecule has 2 atom stereocenters. The molecule has 0 bridgehead atoms. The van der Waals surface area contributed by atoms with E-state index in [4.69, 9.17) is 4.74 Å². The molecule has 190 valence electrons. The molecule has 2 aliphatic rings. The topological polar surface area (TPSA) is 107 Å². The van der Waals surface area contributed by atoms with Crippen LogP contribution in [-0.4, -0.2) is 42.0 Å². The number of carbonyl (C=O) groups excluding carboxylic acids is 2. The van der Waals surface area contributed by atoms with Crippen molar-refractivity contribution in [2.75, 3.05) is 0 Å². The molecule has 2 fully saturated rings. The third-order valence-corrected chi connectivity index (χ3v) is 7.88. The molecule has 1 saturated heterocycles. The number of cyclic esters (lactones) is 1. The van der Waals surface area contributed by atoms with E-state index < -0.39 is 17.5 Å². The monoisotopic (exact) mass is 490 g/mol. The molecule has 1 aromatic carbocycles. The second-order valence-electron chi connectivity index (χ2n) is 10.5. The molecule has 0 spiro atoms. The van der Waals surface area contributed by atoms with E-state index >= 15 is 0 Å². The molecule has 36 heavy (non-hydrogen) atoms. The minimum atomic E-state index is -0.897. The Morgan fingerprint density at radius 1 is 1.08 bits per heavy atom. The van der Waals surface area contributed by atoms with E-state index in [-0.39, 0.29) is 30.3 Å². The van der Waals surface area contributed by atoms with Gasteiger partial charge in [0.15, 0.2) is 11.6 Å². The quantitative estimate of drug-likeness (QED) is 0.390. The molecule has 1 saturated carbocycles. The first-order chi connectivity index (χ1) is 17.3. The van der Waals surface area contributed by atoms with Crippen LogP contribution in [0, 0.1) is 25.7 Å². The van der Waals surface area contributed by atoms with Crippen LogP contribution in [0.2, 0.25) is 0 Å². The molecule has 3 aromatic rings. The number of Topliss-reactive ketones (excluding diaryl/α,β-unsaturated/α-hetero) is 1. The van der Waals surface area contributed by atoms with Gasteiger partial charge in [0, 0.05) is 24.2 Å². The summed E-state index contributed by atoms with van der Waals surface area (Å²) >= 11 is 0. The number of benzene rings is 1. The molecule has 5 rings (SSSR count). The maximum atomic E-state index is 13.5. The zero-order valence-corrected chi connectivity index (χ0v) is 21.3. The zero-order valence-electron chi connectivity index (χ0n) is 21.3. The first-order valence-electron chi connectivity index (χ1n) is 13.0. The van der Waals surface area contributed by atoms with Gasteiger partial charge in [0.25, 0.3) is 5.78 Å². The number of fused-ring (bicyclic) bond motifs is 1. The maximum Gasteiger partial charge on any atom is 0.317 e. The van der Waals surface area contributed by atoms with Crippen LogP contribution in [0.15, 0.2) is 24.3 Å². The maximum absolute atomic E-state index is 13.5. The fourth-order valence-electron chi connectivity index (χ4n) is 6.00. The number of ether oxygens (including phenoxy) is 1. The molecule has 1 aliphatic heterocycles. The van der Waals surface area contributed by atoms with Crippen LogP contribution >= 0.6 is 0 Å². The number of esters is 1. The smallest absolute Gasteiger partial charge is 0.317 e. The second-order valence-corrected chi connectivity index (χ2v) is 10.5. The Labute approximate surface area is 211 Å². The van der Waals surface area contributed by atoms with Crippen LogP contribution in [-0.2, 0) is 33.6 Å². The van der Waals surface area contributed by atoms with Crippen molar-refractivity contribution >= 4 is 17.5 Å². The number of rotatable bonds is 7. The van der Waals surface area contributed by atoms with E-state index in [0.717, 1.165) is 54.6 Å². The largest absolute Gasteiger partial charge is 0.508 e. The zero-order chi connectivity index (χ0) is 25.4. The Hall–Kier alpha value is -3.29. The Morgan fingerprint density at radius 2 is 1.83 bits per heavy atom. The van der Waals surface area contributed by atoms with Gasteiger partial charge in [-0.1, -0.05) is 25.8 Å². The molecule has 2 unspecified atom stereocenters. The van der Waals surface area contributed by atoms with E-state index in [1.165, 1.54) is 0 Å². The van der Waals surface area contributed by atoms with Crippen molar-refractivity contribution in [1.29, 1.82) is 0 Å². The summed E-state index contributed by atoms with van der Waals surface area (Å²) in [6, 6.07) is 7.54. The third-order valence-electron chi connectivity index (χ3n) is 7.88. The lowest BCUT2D eigenvalue weighted by Gasteiger charge is -2.43. The van der Waals surface area contributed by atoms with Crippen molar-refractivity contribution in [3.63, 3.8) is 0 Å². The summed E-state index contributed by atoms with van der Waals surface area (Å²) < 4.78 is 7.88. The minimum Gasteiger partial charge on any atom is -0.508 e. The van der Waals surface area contributed by atoms with Gasteiger partial charge < -0.3 is 9.84 Å². The molecule has 0 amide bonds. The molecular weight excluding hydrogens is 456 g/mol. The number of ketones is 1. The van der Waals surface area contributed by atoms with E-state index in [9.17, 15) is 14.7 Å². The summed E-state index contributed by atoms with van der Waals surface area (Å²) in [7, 11) is 0. The number of carbonyl (C=O) groups is 2. The number of aromatic nitrogens is 4. The number of phenols is 1. The number of hydrogen-bond acceptors (Lipinski definition) is 7. The fourth-order valence-corrected chi connectivity index (χ4v) is 6.00. The minimum absolute atomic E-state index is 0.0944. The van der Waals surface area contributed by atoms with Crippen molar-refractivity contribution in [2.24, 2.45) is 11.8 Å². The highest BCUT2D eigenvalue weighted by Gasteiger charge is 2.51. The lowest BCUT2D eigenvalue weighted by atomic mass is 9.73. The highest BCUT2D eigenvalue weighted by atomic mass is 16.6. The summed E-state index contributed by atoms with van der Waals surface area (Å²) in [6.45, 7) is 5.87. The van der Waals surface area contributed by atoms with Crippen molar-refractivity contribution in [3.8, 4) is 5.75 Å². The molecule has 0 radical (unpaired) electrons. The fraction of sp³-hybridized carbons (Fsp3) is 0.536. The average molecular weight is 491 g/mol. The van der Waals surface area contributed by atoms with Crippen molar-refractivity contribution in [3.05, 3.63) is 52.6 Å². The van der Waals surface area contributed by atoms with Crippen LogP contribution in [0.3, 0.4) is 0 Å². The van der Waals surface area contributed by atoms with Gasteiger partial charge in [-0.25, -0.2) is 9.50 Å². The average Bonchev–Trinajstić information content (AvgIpc) is 3.50. The van der Waals surface area contributed by atoms with E-state index in [1.807, 2.05) is 19.9 Å². The summed E-state index contributed by atoms with van der Waals surface area (Å²) in [5, 5.41) is 14.6. The predicted octanol–water partition coefficient (Wildman–Crippen LogP) is 4.25. The Morgan fingerprint density at radius 3 is 2.56 bits per heavy atom. The standard InChI is InChI=1S/C28H34N4O4/c1-4-19-12-20(14-22(33)13-19)9-10-28(21-7-5-6-8-21)16-24(34)23(26(35)36-28)15-25-30-27-29-17(2)11-18(3)32(27)31-25/h11-14,21,23,33H,4-10,15-16H2,1-3H3. The van der Waals surface area contributed by atoms with Crippen LogP contribution in [0.1, 0.15) is 73.8 Å². The lowest BCUT2D eigenvalue weighted by molar-refractivity contribution is -0.185. The van der Waals surface area contributed by atoms with Gasteiger partial charge >= 0.3 is 5.97 Å². The molecular formula is C28H34N4O4. The van der Waals surface area contributed by atoms with E-state index in [2.05, 4.69) is 28.1 Å². The lowest BCUT2D eigenvalue weighted by Crippen LogP contribution is -2.52. The Kier molecular flexibility index (Phi) is 6.53. The normalized spacial score (nSPS) is 22.9. The molecule has 2 aromatic heterocycles. The predicted molar refractivity (Wildman–Crippen MR) is 134 cm³/mol. The van der Waals surface area contributed by atoms with E-state index in [1.54, 1.807) is 16.6 Å². The second kappa shape index (κ2) is 9.64. The van der Waals surface area contributed by atoms with Gasteiger partial charge in [-0.3, -0.25) is 9.59 Å². The van der Waals surface area contributed by atoms with E-state index in [0.29, 0.717) is 24.4 Å². The summed E-state index contributed by atoms with van der Waals surface area (Å²) in [5.74, 6) is -0.145. The van der Waals surface area contributed by atoms with Crippen molar-refractivity contribution in [2.45, 2.75) is 84.2 Å². The van der Waals surface area contributed by atoms with Gasteiger partial charge in [0.05, 0.1) is 0 Å². The number of aromatic hydroxyl groups is 1. The SMILES string of the molecule is CCc1cc(O)cc(CCC2(C3CCCC3)CC(=O)C(Cc3nc4nc(C)cc(C)n4n3)C(=O)O2)c1. The summed E-state index contributed by atoms with van der Waals surface area (Å²) in [5.41, 5.74) is 3.01. The first kappa shape index (κ1) is 24.4. The number of phenolic OH excluding ortho intramolecular Hbond substituents is 1. The van der Waals surface area contributed by atoms with Gasteiger partial charge in [-0.05, 0) is 81.2 Å². The number of nitrogens with zero attached hydrogens (tertiary/aromatic N) is 4. The number of aryl methyl sites for hydroxylation is 4. The van der Waals surface area contributed by atoms with Crippen LogP contribution in [0.25, 0.3) is 5.78 Å². The number of hydrogen-bond donors (Lipinski definition) is 1. The highest BCUT2D eigenvalue weighted by molar-refractivity contribution is 6.01. The Balaban J connectivity index is 1.36. The van der Waals surface area contributed by atoms with Crippen molar-refractivity contribution < 1.29 is 19.4 Å². The van der Waals surface area contributed by atoms with Gasteiger partial charge in [-0.15, -0.1) is 5.10 Å². The van der Waals surface area contributed by atoms with Crippen LogP contribution < -0.4 is 0 Å². The Bertz CT molecular complexity index is 1290. The third kappa shape index (κ3) is 4.73. The molecule has 8 nitrogen and oxygen atoms in total. The van der Waals surface area contributed by atoms with Crippen LogP contribution in [0.5, 0.6) is 5.75 Å². The summed E-state index contributed by atoms with van der Waals surface area (Å²) in [6.07, 6.45) is 6.48. The van der Waals surface area contributed by atoms with Gasteiger partial charge in [-0.2, -0.15) is 4.98 Å². The first-order valence-corrected chi connectivity index (χ1v) is 13.0. The van der Waals surface area contributed by atoms with Gasteiger partial charge in [0.2, 0.25) is 0 Å².